The Morgan fingerprint density at radius 1 is 1.12 bits per heavy atom. The van der Waals surface area contributed by atoms with Crippen molar-refractivity contribution in [2.75, 3.05) is 26.3 Å². The monoisotopic (exact) mass is 329 g/mol. The van der Waals surface area contributed by atoms with Gasteiger partial charge in [0.1, 0.15) is 0 Å². The number of hydrogen-bond donors (Lipinski definition) is 0. The Bertz CT molecular complexity index is 700. The zero-order valence-electron chi connectivity index (χ0n) is 13.3. The van der Waals surface area contributed by atoms with Crippen LogP contribution >= 0.6 is 0 Å². The van der Waals surface area contributed by atoms with E-state index in [1.54, 1.807) is 0 Å². The Balaban J connectivity index is 1.36. The molecule has 0 aliphatic carbocycles. The number of nitrogens with zero attached hydrogens (tertiary/aromatic N) is 3. The smallest absolute Gasteiger partial charge is 0.257 e. The molecule has 0 radical (unpaired) electrons. The summed E-state index contributed by atoms with van der Waals surface area (Å²) in [6.45, 7) is 2.53. The van der Waals surface area contributed by atoms with Crippen molar-refractivity contribution in [1.29, 1.82) is 0 Å². The molecule has 0 N–H and O–H groups in total. The molecule has 0 unspecified atom stereocenters. The van der Waals surface area contributed by atoms with E-state index in [1.165, 1.54) is 0 Å². The second-order valence-corrected chi connectivity index (χ2v) is 6.05. The predicted molar refractivity (Wildman–Crippen MR) is 83.9 cm³/mol. The fourth-order valence-corrected chi connectivity index (χ4v) is 3.15. The topological polar surface area (TPSA) is 77.7 Å². The highest BCUT2D eigenvalue weighted by Crippen LogP contribution is 2.31. The molecule has 2 aliphatic rings. The zero-order chi connectivity index (χ0) is 16.4. The van der Waals surface area contributed by atoms with Crippen LogP contribution in [0.1, 0.15) is 18.7 Å². The molecule has 0 bridgehead atoms. The van der Waals surface area contributed by atoms with Crippen molar-refractivity contribution in [3.63, 3.8) is 0 Å². The number of ether oxygens (including phenoxy) is 2. The van der Waals surface area contributed by atoms with Crippen molar-refractivity contribution >= 4 is 5.91 Å². The Morgan fingerprint density at radius 2 is 1.83 bits per heavy atom. The minimum atomic E-state index is -0.469. The van der Waals surface area contributed by atoms with E-state index in [0.717, 1.165) is 5.56 Å². The molecule has 126 valence electrons. The third-order valence-electron chi connectivity index (χ3n) is 4.49. The van der Waals surface area contributed by atoms with Crippen LogP contribution in [0.2, 0.25) is 0 Å². The van der Waals surface area contributed by atoms with Crippen LogP contribution in [0, 0.1) is 0 Å². The summed E-state index contributed by atoms with van der Waals surface area (Å²) in [6.07, 6.45) is 1.56. The van der Waals surface area contributed by atoms with E-state index in [2.05, 4.69) is 10.1 Å². The average molecular weight is 329 g/mol. The Morgan fingerprint density at radius 3 is 2.54 bits per heavy atom. The average Bonchev–Trinajstić information content (AvgIpc) is 3.26. The summed E-state index contributed by atoms with van der Waals surface area (Å²) in [4.78, 5) is 18.6. The number of aromatic nitrogens is 2. The second kappa shape index (κ2) is 6.33. The van der Waals surface area contributed by atoms with Crippen LogP contribution in [-0.4, -0.2) is 53.0 Å². The molecule has 1 spiro atoms. The van der Waals surface area contributed by atoms with Gasteiger partial charge in [0.2, 0.25) is 5.91 Å². The van der Waals surface area contributed by atoms with E-state index in [4.69, 9.17) is 14.0 Å². The lowest BCUT2D eigenvalue weighted by Crippen LogP contribution is -2.47. The van der Waals surface area contributed by atoms with Crippen LogP contribution in [0.25, 0.3) is 11.5 Å². The highest BCUT2D eigenvalue weighted by atomic mass is 16.7. The first-order valence-corrected chi connectivity index (χ1v) is 8.18. The maximum absolute atomic E-state index is 12.4. The van der Waals surface area contributed by atoms with Gasteiger partial charge in [0.05, 0.1) is 19.6 Å². The lowest BCUT2D eigenvalue weighted by molar-refractivity contribution is -0.187. The molecule has 2 fully saturated rings. The molecular weight excluding hydrogens is 310 g/mol. The van der Waals surface area contributed by atoms with Crippen molar-refractivity contribution in [3.8, 4) is 11.5 Å². The molecular formula is C17H19N3O4. The van der Waals surface area contributed by atoms with Gasteiger partial charge >= 0.3 is 0 Å². The van der Waals surface area contributed by atoms with Gasteiger partial charge in [0.15, 0.2) is 11.6 Å². The third-order valence-corrected chi connectivity index (χ3v) is 4.49. The maximum Gasteiger partial charge on any atom is 0.257 e. The SMILES string of the molecule is O=C(Cc1noc(-c2ccccc2)n1)N1CCC2(CC1)OCCO2. The van der Waals surface area contributed by atoms with Gasteiger partial charge in [0.25, 0.3) is 5.89 Å². The Kier molecular flexibility index (Phi) is 4.03. The minimum Gasteiger partial charge on any atom is -0.347 e. The number of carbonyl (C=O) groups excluding carboxylic acids is 1. The van der Waals surface area contributed by atoms with Crippen LogP contribution < -0.4 is 0 Å². The summed E-state index contributed by atoms with van der Waals surface area (Å²) in [5.74, 6) is 0.378. The van der Waals surface area contributed by atoms with Gasteiger partial charge in [-0.2, -0.15) is 4.98 Å². The molecule has 2 aromatic rings. The summed E-state index contributed by atoms with van der Waals surface area (Å²) in [7, 11) is 0. The Hall–Kier alpha value is -2.25. The largest absolute Gasteiger partial charge is 0.347 e. The summed E-state index contributed by atoms with van der Waals surface area (Å²) >= 11 is 0. The van der Waals surface area contributed by atoms with Crippen molar-refractivity contribution in [3.05, 3.63) is 36.2 Å². The third kappa shape index (κ3) is 3.05. The molecule has 7 heteroatoms. The Labute approximate surface area is 139 Å². The van der Waals surface area contributed by atoms with E-state index in [-0.39, 0.29) is 12.3 Å². The molecule has 0 saturated carbocycles. The number of piperidine rings is 1. The van der Waals surface area contributed by atoms with Crippen molar-refractivity contribution in [2.45, 2.75) is 25.0 Å². The van der Waals surface area contributed by atoms with Crippen LogP contribution in [0.3, 0.4) is 0 Å². The van der Waals surface area contributed by atoms with Gasteiger partial charge in [-0.15, -0.1) is 0 Å². The fraction of sp³-hybridized carbons (Fsp3) is 0.471. The molecule has 1 aromatic carbocycles. The second-order valence-electron chi connectivity index (χ2n) is 6.05. The van der Waals surface area contributed by atoms with E-state index in [1.807, 2.05) is 35.2 Å². The molecule has 7 nitrogen and oxygen atoms in total. The normalized spacial score (nSPS) is 19.8. The number of hydrogen-bond acceptors (Lipinski definition) is 6. The number of rotatable bonds is 3. The summed E-state index contributed by atoms with van der Waals surface area (Å²) in [6, 6.07) is 9.52. The van der Waals surface area contributed by atoms with E-state index >= 15 is 0 Å². The van der Waals surface area contributed by atoms with Gasteiger partial charge in [0, 0.05) is 31.5 Å². The van der Waals surface area contributed by atoms with Crippen LogP contribution in [0.4, 0.5) is 0 Å². The number of amides is 1. The standard InChI is InChI=1S/C17H19N3O4/c21-15(20-8-6-17(7-9-20)22-10-11-23-17)12-14-18-16(24-19-14)13-4-2-1-3-5-13/h1-5H,6-12H2. The van der Waals surface area contributed by atoms with Crippen molar-refractivity contribution in [2.24, 2.45) is 0 Å². The maximum atomic E-state index is 12.4. The van der Waals surface area contributed by atoms with Crippen LogP contribution in [0.5, 0.6) is 0 Å². The first-order chi connectivity index (χ1) is 11.7. The fourth-order valence-electron chi connectivity index (χ4n) is 3.15. The summed E-state index contributed by atoms with van der Waals surface area (Å²) in [5.41, 5.74) is 0.846. The number of benzene rings is 1. The first-order valence-electron chi connectivity index (χ1n) is 8.18. The summed E-state index contributed by atoms with van der Waals surface area (Å²) < 4.78 is 16.6. The number of carbonyl (C=O) groups is 1. The molecule has 4 rings (SSSR count). The van der Waals surface area contributed by atoms with Crippen molar-refractivity contribution < 1.29 is 18.8 Å². The molecule has 3 heterocycles. The quantitative estimate of drug-likeness (QED) is 0.852. The number of likely N-dealkylation sites (tertiary alicyclic amines) is 1. The van der Waals surface area contributed by atoms with Crippen LogP contribution in [-0.2, 0) is 20.7 Å². The highest BCUT2D eigenvalue weighted by Gasteiger charge is 2.40. The van der Waals surface area contributed by atoms with E-state index < -0.39 is 5.79 Å². The zero-order valence-corrected chi connectivity index (χ0v) is 13.3. The van der Waals surface area contributed by atoms with Gasteiger partial charge in [-0.05, 0) is 12.1 Å². The van der Waals surface area contributed by atoms with Gasteiger partial charge in [-0.3, -0.25) is 4.79 Å². The predicted octanol–water partition coefficient (Wildman–Crippen LogP) is 1.64. The first kappa shape index (κ1) is 15.3. The van der Waals surface area contributed by atoms with E-state index in [0.29, 0.717) is 50.9 Å². The molecule has 24 heavy (non-hydrogen) atoms. The molecule has 2 aliphatic heterocycles. The van der Waals surface area contributed by atoms with Gasteiger partial charge < -0.3 is 18.9 Å². The van der Waals surface area contributed by atoms with Gasteiger partial charge in [-0.1, -0.05) is 23.4 Å². The molecule has 2 saturated heterocycles. The lowest BCUT2D eigenvalue weighted by atomic mass is 10.0. The highest BCUT2D eigenvalue weighted by molar-refractivity contribution is 5.78. The van der Waals surface area contributed by atoms with Crippen molar-refractivity contribution in [1.82, 2.24) is 15.0 Å². The molecule has 0 atom stereocenters. The minimum absolute atomic E-state index is 0.00302. The molecule has 1 aromatic heterocycles. The molecule has 1 amide bonds. The van der Waals surface area contributed by atoms with E-state index in [9.17, 15) is 4.79 Å². The summed E-state index contributed by atoms with van der Waals surface area (Å²) in [5, 5.41) is 3.92. The lowest BCUT2D eigenvalue weighted by Gasteiger charge is -2.37. The van der Waals surface area contributed by atoms with Gasteiger partial charge in [-0.25, -0.2) is 0 Å². The van der Waals surface area contributed by atoms with Crippen LogP contribution in [0.15, 0.2) is 34.9 Å².